The lowest BCUT2D eigenvalue weighted by Gasteiger charge is -2.09. The van der Waals surface area contributed by atoms with E-state index in [1.807, 2.05) is 30.3 Å². The fourth-order valence-electron chi connectivity index (χ4n) is 1.92. The van der Waals surface area contributed by atoms with Crippen molar-refractivity contribution in [1.29, 1.82) is 0 Å². The lowest BCUT2D eigenvalue weighted by atomic mass is 10.2. The summed E-state index contributed by atoms with van der Waals surface area (Å²) in [4.78, 5) is 20.6. The maximum Gasteiger partial charge on any atom is 0.270 e. The highest BCUT2D eigenvalue weighted by molar-refractivity contribution is 5.92. The van der Waals surface area contributed by atoms with Crippen LogP contribution < -0.4 is 10.6 Å². The first-order valence-corrected chi connectivity index (χ1v) is 7.09. The zero-order valence-corrected chi connectivity index (χ0v) is 12.8. The van der Waals surface area contributed by atoms with Crippen LogP contribution in [0.25, 0.3) is 0 Å². The summed E-state index contributed by atoms with van der Waals surface area (Å²) in [6.07, 6.45) is 0. The lowest BCUT2D eigenvalue weighted by molar-refractivity contribution is 0.0945. The number of aromatic nitrogens is 2. The number of carbonyl (C=O) groups excluding carboxylic acids is 1. The van der Waals surface area contributed by atoms with E-state index >= 15 is 0 Å². The Bertz CT molecular complexity index is 617. The number of nitrogens with zero attached hydrogens (tertiary/aromatic N) is 2. The van der Waals surface area contributed by atoms with Crippen molar-refractivity contribution in [3.05, 3.63) is 53.5 Å². The molecule has 0 aliphatic carbocycles. The van der Waals surface area contributed by atoms with Gasteiger partial charge in [-0.1, -0.05) is 30.3 Å². The van der Waals surface area contributed by atoms with E-state index in [1.165, 1.54) is 0 Å². The monoisotopic (exact) mass is 300 g/mol. The van der Waals surface area contributed by atoms with Gasteiger partial charge in [0.15, 0.2) is 0 Å². The van der Waals surface area contributed by atoms with Crippen LogP contribution in [0.1, 0.15) is 21.9 Å². The van der Waals surface area contributed by atoms with Crippen molar-refractivity contribution in [1.82, 2.24) is 15.3 Å². The van der Waals surface area contributed by atoms with Crippen LogP contribution in [0.3, 0.4) is 0 Å². The number of hydrogen-bond donors (Lipinski definition) is 2. The second-order valence-corrected chi connectivity index (χ2v) is 4.77. The Morgan fingerprint density at radius 3 is 2.73 bits per heavy atom. The van der Waals surface area contributed by atoms with Gasteiger partial charge in [0.05, 0.1) is 6.61 Å². The van der Waals surface area contributed by atoms with Crippen molar-refractivity contribution in [3.8, 4) is 0 Å². The third-order valence-electron chi connectivity index (χ3n) is 2.98. The average molecular weight is 300 g/mol. The molecule has 0 saturated carbocycles. The van der Waals surface area contributed by atoms with E-state index in [4.69, 9.17) is 4.74 Å². The number of ether oxygens (including phenoxy) is 1. The Morgan fingerprint density at radius 2 is 2.00 bits per heavy atom. The normalized spacial score (nSPS) is 10.3. The van der Waals surface area contributed by atoms with Crippen LogP contribution in [0.15, 0.2) is 36.4 Å². The number of benzene rings is 1. The Hall–Kier alpha value is -2.47. The van der Waals surface area contributed by atoms with Crippen LogP contribution in [0, 0.1) is 6.92 Å². The lowest BCUT2D eigenvalue weighted by Crippen LogP contribution is -2.24. The number of carbonyl (C=O) groups is 1. The Balaban J connectivity index is 1.99. The predicted molar refractivity (Wildman–Crippen MR) is 84.7 cm³/mol. The molecule has 0 bridgehead atoms. The number of anilines is 1. The number of hydrogen-bond acceptors (Lipinski definition) is 5. The summed E-state index contributed by atoms with van der Waals surface area (Å²) >= 11 is 0. The topological polar surface area (TPSA) is 76.1 Å². The minimum atomic E-state index is -0.218. The second-order valence-electron chi connectivity index (χ2n) is 4.77. The SMILES string of the molecule is COCCNc1cc(C(=O)NCc2ccccc2)nc(C)n1. The number of methoxy groups -OCH3 is 1. The molecule has 0 aliphatic heterocycles. The summed E-state index contributed by atoms with van der Waals surface area (Å²) in [6.45, 7) is 3.42. The van der Waals surface area contributed by atoms with Gasteiger partial charge in [-0.15, -0.1) is 0 Å². The molecule has 2 rings (SSSR count). The van der Waals surface area contributed by atoms with E-state index in [2.05, 4.69) is 20.6 Å². The van der Waals surface area contributed by atoms with Gasteiger partial charge in [0.25, 0.3) is 5.91 Å². The molecule has 0 spiro atoms. The summed E-state index contributed by atoms with van der Waals surface area (Å²) in [6, 6.07) is 11.4. The molecule has 1 aromatic heterocycles. The molecule has 0 aliphatic rings. The highest BCUT2D eigenvalue weighted by atomic mass is 16.5. The van der Waals surface area contributed by atoms with E-state index in [-0.39, 0.29) is 5.91 Å². The van der Waals surface area contributed by atoms with Crippen molar-refractivity contribution < 1.29 is 9.53 Å². The van der Waals surface area contributed by atoms with Gasteiger partial charge in [0, 0.05) is 26.3 Å². The molecule has 0 atom stereocenters. The van der Waals surface area contributed by atoms with E-state index in [0.717, 1.165) is 5.56 Å². The third-order valence-corrected chi connectivity index (χ3v) is 2.98. The summed E-state index contributed by atoms with van der Waals surface area (Å²) in [5, 5.41) is 5.95. The maximum atomic E-state index is 12.2. The van der Waals surface area contributed by atoms with E-state index in [0.29, 0.717) is 37.0 Å². The smallest absolute Gasteiger partial charge is 0.270 e. The molecule has 22 heavy (non-hydrogen) atoms. The van der Waals surface area contributed by atoms with Crippen molar-refractivity contribution in [3.63, 3.8) is 0 Å². The molecule has 0 unspecified atom stereocenters. The number of nitrogens with one attached hydrogen (secondary N) is 2. The predicted octanol–water partition coefficient (Wildman–Crippen LogP) is 1.77. The number of amides is 1. The quantitative estimate of drug-likeness (QED) is 0.762. The van der Waals surface area contributed by atoms with E-state index < -0.39 is 0 Å². The van der Waals surface area contributed by atoms with Gasteiger partial charge in [-0.25, -0.2) is 9.97 Å². The van der Waals surface area contributed by atoms with Crippen LogP contribution >= 0.6 is 0 Å². The summed E-state index contributed by atoms with van der Waals surface area (Å²) in [5.41, 5.74) is 1.39. The highest BCUT2D eigenvalue weighted by Crippen LogP contribution is 2.07. The molecule has 0 fully saturated rings. The van der Waals surface area contributed by atoms with Crippen molar-refractivity contribution >= 4 is 11.7 Å². The molecule has 116 valence electrons. The van der Waals surface area contributed by atoms with Gasteiger partial charge in [0.1, 0.15) is 17.3 Å². The molecule has 2 aromatic rings. The Labute approximate surface area is 129 Å². The molecule has 0 radical (unpaired) electrons. The van der Waals surface area contributed by atoms with Crippen molar-refractivity contribution in [2.24, 2.45) is 0 Å². The van der Waals surface area contributed by atoms with Crippen molar-refractivity contribution in [2.75, 3.05) is 25.6 Å². The fourth-order valence-corrected chi connectivity index (χ4v) is 1.92. The van der Waals surface area contributed by atoms with Gasteiger partial charge in [-0.2, -0.15) is 0 Å². The van der Waals surface area contributed by atoms with E-state index in [9.17, 15) is 4.79 Å². The standard InChI is InChI=1S/C16H20N4O2/c1-12-19-14(10-15(20-12)17-8-9-22-2)16(21)18-11-13-6-4-3-5-7-13/h3-7,10H,8-9,11H2,1-2H3,(H,18,21)(H,17,19,20). The molecular formula is C16H20N4O2. The van der Waals surface area contributed by atoms with Crippen LogP contribution in [0.5, 0.6) is 0 Å². The first-order chi connectivity index (χ1) is 10.7. The van der Waals surface area contributed by atoms with E-state index in [1.54, 1.807) is 20.1 Å². The summed E-state index contributed by atoms with van der Waals surface area (Å²) in [7, 11) is 1.63. The average Bonchev–Trinajstić information content (AvgIpc) is 2.53. The number of rotatable bonds is 7. The molecule has 1 amide bonds. The van der Waals surface area contributed by atoms with Crippen molar-refractivity contribution in [2.45, 2.75) is 13.5 Å². The van der Waals surface area contributed by atoms with Gasteiger partial charge >= 0.3 is 0 Å². The maximum absolute atomic E-state index is 12.2. The fraction of sp³-hybridized carbons (Fsp3) is 0.312. The molecule has 1 aromatic carbocycles. The van der Waals surface area contributed by atoms with Gasteiger partial charge < -0.3 is 15.4 Å². The van der Waals surface area contributed by atoms with Gasteiger partial charge in [0.2, 0.25) is 0 Å². The highest BCUT2D eigenvalue weighted by Gasteiger charge is 2.10. The molecule has 6 nitrogen and oxygen atoms in total. The zero-order valence-electron chi connectivity index (χ0n) is 12.8. The number of aryl methyl sites for hydroxylation is 1. The van der Waals surface area contributed by atoms with Crippen LogP contribution in [-0.4, -0.2) is 36.1 Å². The van der Waals surface area contributed by atoms with Crippen LogP contribution in [0.2, 0.25) is 0 Å². The molecule has 2 N–H and O–H groups in total. The van der Waals surface area contributed by atoms with Gasteiger partial charge in [-0.3, -0.25) is 4.79 Å². The third kappa shape index (κ3) is 4.82. The second kappa shape index (κ2) is 8.09. The molecular weight excluding hydrogens is 280 g/mol. The first kappa shape index (κ1) is 15.9. The van der Waals surface area contributed by atoms with Crippen LogP contribution in [-0.2, 0) is 11.3 Å². The summed E-state index contributed by atoms with van der Waals surface area (Å²) in [5.74, 6) is 0.950. The minimum absolute atomic E-state index is 0.218. The van der Waals surface area contributed by atoms with Gasteiger partial charge in [-0.05, 0) is 12.5 Å². The molecule has 1 heterocycles. The zero-order chi connectivity index (χ0) is 15.8. The first-order valence-electron chi connectivity index (χ1n) is 7.09. The van der Waals surface area contributed by atoms with Crippen LogP contribution in [0.4, 0.5) is 5.82 Å². The largest absolute Gasteiger partial charge is 0.383 e. The Morgan fingerprint density at radius 1 is 1.23 bits per heavy atom. The Kier molecular flexibility index (Phi) is 5.85. The summed E-state index contributed by atoms with van der Waals surface area (Å²) < 4.78 is 4.97. The minimum Gasteiger partial charge on any atom is -0.383 e. The molecule has 0 saturated heterocycles. The molecule has 6 heteroatoms.